The summed E-state index contributed by atoms with van der Waals surface area (Å²) in [5.41, 5.74) is 1.28. The van der Waals surface area contributed by atoms with Gasteiger partial charge < -0.3 is 14.2 Å². The topological polar surface area (TPSA) is 74.7 Å². The van der Waals surface area contributed by atoms with Crippen LogP contribution in [0.1, 0.15) is 63.6 Å². The normalized spacial score (nSPS) is 27.6. The highest BCUT2D eigenvalue weighted by molar-refractivity contribution is 7.09. The Balaban J connectivity index is 1.75. The molecule has 0 spiro atoms. The van der Waals surface area contributed by atoms with Crippen molar-refractivity contribution in [1.29, 1.82) is 0 Å². The molecule has 6 nitrogen and oxygen atoms in total. The van der Waals surface area contributed by atoms with Gasteiger partial charge in [-0.05, 0) is 39.5 Å². The largest absolute Gasteiger partial charge is 0.496 e. The number of esters is 1. The maximum absolute atomic E-state index is 13.2. The Labute approximate surface area is 176 Å². The number of ether oxygens (including phenoxy) is 3. The first-order valence-electron chi connectivity index (χ1n) is 10.6. The van der Waals surface area contributed by atoms with Crippen molar-refractivity contribution in [1.82, 2.24) is 4.98 Å². The van der Waals surface area contributed by atoms with E-state index in [1.165, 1.54) is 11.3 Å². The lowest BCUT2D eigenvalue weighted by Gasteiger charge is -2.42. The van der Waals surface area contributed by atoms with Gasteiger partial charge in [-0.15, -0.1) is 11.3 Å². The molecule has 1 aromatic rings. The number of carbonyl (C=O) groups is 2. The summed E-state index contributed by atoms with van der Waals surface area (Å²) in [5, 5.41) is 2.84. The summed E-state index contributed by atoms with van der Waals surface area (Å²) >= 11 is 1.53. The van der Waals surface area contributed by atoms with E-state index in [2.05, 4.69) is 11.9 Å². The zero-order valence-electron chi connectivity index (χ0n) is 17.7. The summed E-state index contributed by atoms with van der Waals surface area (Å²) < 4.78 is 17.2. The van der Waals surface area contributed by atoms with E-state index >= 15 is 0 Å². The second-order valence-corrected chi connectivity index (χ2v) is 8.93. The van der Waals surface area contributed by atoms with E-state index in [9.17, 15) is 9.59 Å². The first-order chi connectivity index (χ1) is 13.9. The zero-order chi connectivity index (χ0) is 21.0. The highest BCUT2D eigenvalue weighted by Crippen LogP contribution is 2.41. The fourth-order valence-corrected chi connectivity index (χ4v) is 4.86. The number of fused-ring (bicyclic) bond motifs is 1. The lowest BCUT2D eigenvalue weighted by atomic mass is 9.71. The fourth-order valence-electron chi connectivity index (χ4n) is 4.24. The van der Waals surface area contributed by atoms with Crippen LogP contribution in [-0.2, 0) is 23.8 Å². The molecule has 29 heavy (non-hydrogen) atoms. The molecule has 3 rings (SSSR count). The Bertz CT molecular complexity index is 758. The zero-order valence-corrected chi connectivity index (χ0v) is 18.5. The predicted molar refractivity (Wildman–Crippen MR) is 111 cm³/mol. The van der Waals surface area contributed by atoms with Crippen molar-refractivity contribution >= 4 is 28.7 Å². The van der Waals surface area contributed by atoms with Crippen LogP contribution in [0.2, 0.25) is 0 Å². The molecule has 0 radical (unpaired) electrons. The highest BCUT2D eigenvalue weighted by Gasteiger charge is 2.45. The minimum atomic E-state index is -0.621. The van der Waals surface area contributed by atoms with Gasteiger partial charge in [0, 0.05) is 11.8 Å². The number of carbonyl (C=O) groups excluding carboxylic acids is 2. The summed E-state index contributed by atoms with van der Waals surface area (Å²) in [6, 6.07) is 0. The van der Waals surface area contributed by atoms with Gasteiger partial charge in [0.1, 0.15) is 6.10 Å². The van der Waals surface area contributed by atoms with Crippen LogP contribution in [0.25, 0.3) is 5.57 Å². The number of unbranched alkanes of at least 4 members (excludes halogenated alkanes) is 1. The van der Waals surface area contributed by atoms with E-state index in [4.69, 9.17) is 14.2 Å². The number of hydrogen-bond acceptors (Lipinski definition) is 7. The molecule has 0 bridgehead atoms. The average molecular weight is 422 g/mol. The number of rotatable bonds is 8. The Kier molecular flexibility index (Phi) is 7.46. The molecule has 1 aliphatic heterocycles. The van der Waals surface area contributed by atoms with Gasteiger partial charge >= 0.3 is 5.97 Å². The standard InChI is InChI=1S/C22H31NO5S/c1-5-7-8-15-9-16-20(10-19(15)28-13(3)22(25)26-6-2)27-11-17(21(16)24)18-12-29-14(4)23-18/h11-13,15-16,19-20H,5-10H2,1-4H3. The monoisotopic (exact) mass is 421 g/mol. The van der Waals surface area contributed by atoms with Crippen LogP contribution in [-0.4, -0.2) is 41.7 Å². The highest BCUT2D eigenvalue weighted by atomic mass is 32.1. The first kappa shape index (κ1) is 22.0. The minimum Gasteiger partial charge on any atom is -0.496 e. The Morgan fingerprint density at radius 2 is 2.17 bits per heavy atom. The summed E-state index contributed by atoms with van der Waals surface area (Å²) in [6.07, 6.45) is 5.05. The number of thiazole rings is 1. The van der Waals surface area contributed by atoms with Crippen LogP contribution >= 0.6 is 11.3 Å². The van der Waals surface area contributed by atoms with Crippen LogP contribution < -0.4 is 0 Å². The molecule has 1 saturated carbocycles. The summed E-state index contributed by atoms with van der Waals surface area (Å²) in [6.45, 7) is 7.94. The Morgan fingerprint density at radius 1 is 1.38 bits per heavy atom. The molecule has 160 valence electrons. The SMILES string of the molecule is CCCCC1CC2C(=O)C(c3csc(C)n3)=COC2CC1OC(C)C(=O)OCC. The second-order valence-electron chi connectivity index (χ2n) is 7.87. The number of aromatic nitrogens is 1. The van der Waals surface area contributed by atoms with Gasteiger partial charge in [-0.1, -0.05) is 19.8 Å². The average Bonchev–Trinajstić information content (AvgIpc) is 3.13. The molecular formula is C22H31NO5S. The van der Waals surface area contributed by atoms with Crippen LogP contribution in [0.3, 0.4) is 0 Å². The van der Waals surface area contributed by atoms with Crippen molar-refractivity contribution in [2.75, 3.05) is 6.61 Å². The number of Topliss-reactive ketones (excluding diaryl/α,β-unsaturated/α-hetero) is 1. The fraction of sp³-hybridized carbons (Fsp3) is 0.682. The summed E-state index contributed by atoms with van der Waals surface area (Å²) in [7, 11) is 0. The molecular weight excluding hydrogens is 390 g/mol. The van der Waals surface area contributed by atoms with Crippen LogP contribution in [0.5, 0.6) is 0 Å². The maximum Gasteiger partial charge on any atom is 0.334 e. The van der Waals surface area contributed by atoms with Crippen molar-refractivity contribution in [2.45, 2.75) is 78.1 Å². The van der Waals surface area contributed by atoms with Gasteiger partial charge in [-0.25, -0.2) is 9.78 Å². The Hall–Kier alpha value is -1.73. The van der Waals surface area contributed by atoms with Crippen molar-refractivity contribution in [3.05, 3.63) is 22.3 Å². The third kappa shape index (κ3) is 5.07. The van der Waals surface area contributed by atoms with Crippen LogP contribution in [0.15, 0.2) is 11.6 Å². The van der Waals surface area contributed by atoms with Crippen molar-refractivity contribution in [3.63, 3.8) is 0 Å². The van der Waals surface area contributed by atoms with Crippen molar-refractivity contribution in [3.8, 4) is 0 Å². The molecule has 0 amide bonds. The lowest BCUT2D eigenvalue weighted by Crippen LogP contribution is -2.47. The third-order valence-electron chi connectivity index (χ3n) is 5.78. The molecule has 7 heteroatoms. The first-order valence-corrected chi connectivity index (χ1v) is 11.5. The number of hydrogen-bond donors (Lipinski definition) is 0. The molecule has 2 heterocycles. The van der Waals surface area contributed by atoms with Crippen LogP contribution in [0, 0.1) is 18.8 Å². The minimum absolute atomic E-state index is 0.116. The molecule has 1 aromatic heterocycles. The number of nitrogens with zero attached hydrogens (tertiary/aromatic N) is 1. The molecule has 1 aliphatic carbocycles. The van der Waals surface area contributed by atoms with Gasteiger partial charge in [0.15, 0.2) is 11.9 Å². The molecule has 1 fully saturated rings. The summed E-state index contributed by atoms with van der Waals surface area (Å²) in [5.74, 6) is -0.190. The van der Waals surface area contributed by atoms with Crippen molar-refractivity contribution < 1.29 is 23.8 Å². The van der Waals surface area contributed by atoms with Gasteiger partial charge in [0.05, 0.1) is 41.2 Å². The summed E-state index contributed by atoms with van der Waals surface area (Å²) in [4.78, 5) is 29.7. The van der Waals surface area contributed by atoms with E-state index in [-0.39, 0.29) is 35.8 Å². The van der Waals surface area contributed by atoms with Gasteiger partial charge in [0.2, 0.25) is 0 Å². The number of allylic oxidation sites excluding steroid dienone is 1. The van der Waals surface area contributed by atoms with E-state index in [0.29, 0.717) is 30.7 Å². The van der Waals surface area contributed by atoms with E-state index in [1.54, 1.807) is 20.1 Å². The van der Waals surface area contributed by atoms with Crippen molar-refractivity contribution in [2.24, 2.45) is 11.8 Å². The van der Waals surface area contributed by atoms with Gasteiger partial charge in [-0.3, -0.25) is 4.79 Å². The molecule has 0 saturated heterocycles. The number of ketones is 1. The van der Waals surface area contributed by atoms with Crippen LogP contribution in [0.4, 0.5) is 0 Å². The number of aryl methyl sites for hydroxylation is 1. The molecule has 2 aliphatic rings. The van der Waals surface area contributed by atoms with E-state index in [0.717, 1.165) is 24.3 Å². The molecule has 0 aromatic carbocycles. The smallest absolute Gasteiger partial charge is 0.334 e. The van der Waals surface area contributed by atoms with Gasteiger partial charge in [-0.2, -0.15) is 0 Å². The second kappa shape index (κ2) is 9.85. The van der Waals surface area contributed by atoms with Gasteiger partial charge in [0.25, 0.3) is 0 Å². The maximum atomic E-state index is 13.2. The Morgan fingerprint density at radius 3 is 2.83 bits per heavy atom. The predicted octanol–water partition coefficient (Wildman–Crippen LogP) is 4.31. The lowest BCUT2D eigenvalue weighted by molar-refractivity contribution is -0.168. The molecule has 5 atom stereocenters. The molecule has 5 unspecified atom stereocenters. The third-order valence-corrected chi connectivity index (χ3v) is 6.55. The van der Waals surface area contributed by atoms with E-state index < -0.39 is 6.10 Å². The van der Waals surface area contributed by atoms with E-state index in [1.807, 2.05) is 12.3 Å². The molecule has 0 N–H and O–H groups in total. The quantitative estimate of drug-likeness (QED) is 0.582.